The highest BCUT2D eigenvalue weighted by Gasteiger charge is 2.38. The molecule has 1 fully saturated rings. The van der Waals surface area contributed by atoms with Crippen LogP contribution in [0.4, 0.5) is 5.69 Å². The van der Waals surface area contributed by atoms with E-state index in [-0.39, 0.29) is 37.0 Å². The summed E-state index contributed by atoms with van der Waals surface area (Å²) in [4.78, 5) is 22.4. The van der Waals surface area contributed by atoms with E-state index in [0.29, 0.717) is 25.4 Å². The van der Waals surface area contributed by atoms with Crippen LogP contribution in [-0.2, 0) is 30.3 Å². The van der Waals surface area contributed by atoms with Crippen molar-refractivity contribution in [1.29, 1.82) is 0 Å². The van der Waals surface area contributed by atoms with Crippen molar-refractivity contribution in [3.05, 3.63) is 29.8 Å². The molecule has 0 spiro atoms. The number of carbonyl (C=O) groups excluding carboxylic acids is 2. The first-order valence-electron chi connectivity index (χ1n) is 8.13. The van der Waals surface area contributed by atoms with Crippen LogP contribution < -0.4 is 14.2 Å². The number of anilines is 1. The van der Waals surface area contributed by atoms with Gasteiger partial charge in [0.25, 0.3) is 0 Å². The summed E-state index contributed by atoms with van der Waals surface area (Å²) >= 11 is 2.08. The maximum atomic E-state index is 11.7. The number of rotatable bonds is 13. The van der Waals surface area contributed by atoms with E-state index in [1.165, 1.54) is 0 Å². The molecular weight excluding hydrogens is 472 g/mol. The standard InChI is InChI=1S/C16H23IN3O5P/c17-19-5-6-23-8-13-16(25-13)18-7-11-1-3-12(4-2-11)20-14(21)9-24-10-15(22)26/h1-4,13,16,18-19H,5-10,26H2,(H,20,21). The third-order valence-corrected chi connectivity index (χ3v) is 4.13. The monoisotopic (exact) mass is 495 g/mol. The Balaban J connectivity index is 1.60. The first-order chi connectivity index (χ1) is 12.6. The van der Waals surface area contributed by atoms with Gasteiger partial charge >= 0.3 is 0 Å². The van der Waals surface area contributed by atoms with E-state index < -0.39 is 0 Å². The van der Waals surface area contributed by atoms with Crippen molar-refractivity contribution in [2.75, 3.05) is 38.3 Å². The van der Waals surface area contributed by atoms with E-state index in [9.17, 15) is 9.59 Å². The zero-order chi connectivity index (χ0) is 18.8. The maximum Gasteiger partial charge on any atom is 0.250 e. The summed E-state index contributed by atoms with van der Waals surface area (Å²) in [7, 11) is 2.00. The van der Waals surface area contributed by atoms with Crippen LogP contribution in [0, 0.1) is 0 Å². The van der Waals surface area contributed by atoms with E-state index in [2.05, 4.69) is 37.0 Å². The van der Waals surface area contributed by atoms with Gasteiger partial charge in [0.05, 0.1) is 13.2 Å². The molecule has 2 rings (SSSR count). The van der Waals surface area contributed by atoms with E-state index in [0.717, 1.165) is 12.1 Å². The number of hydrogen-bond donors (Lipinski definition) is 3. The van der Waals surface area contributed by atoms with E-state index >= 15 is 0 Å². The number of halogens is 1. The summed E-state index contributed by atoms with van der Waals surface area (Å²) in [5.74, 6) is -0.297. The van der Waals surface area contributed by atoms with Crippen LogP contribution >= 0.6 is 32.1 Å². The molecule has 0 bridgehead atoms. The van der Waals surface area contributed by atoms with Gasteiger partial charge in [-0.1, -0.05) is 21.4 Å². The predicted octanol–water partition coefficient (Wildman–Crippen LogP) is 0.814. The molecule has 1 aliphatic rings. The highest BCUT2D eigenvalue weighted by Crippen LogP contribution is 2.20. The second kappa shape index (κ2) is 11.9. The molecule has 1 amide bonds. The molecule has 8 nitrogen and oxygen atoms in total. The van der Waals surface area contributed by atoms with Crippen LogP contribution in [0.1, 0.15) is 5.56 Å². The summed E-state index contributed by atoms with van der Waals surface area (Å²) in [5.41, 5.74) is 1.57. The molecule has 1 aromatic rings. The largest absolute Gasteiger partial charge is 0.377 e. The molecule has 1 heterocycles. The number of hydrogen-bond acceptors (Lipinski definition) is 7. The zero-order valence-corrected chi connectivity index (χ0v) is 17.5. The second-order valence-electron chi connectivity index (χ2n) is 5.64. The lowest BCUT2D eigenvalue weighted by atomic mass is 10.2. The minimum atomic E-state index is -0.297. The Labute approximate surface area is 168 Å². The Hall–Kier alpha value is -0.680. The molecule has 3 N–H and O–H groups in total. The fourth-order valence-corrected chi connectivity index (χ4v) is 2.46. The van der Waals surface area contributed by atoms with E-state index in [1.807, 2.05) is 33.5 Å². The Morgan fingerprint density at radius 1 is 1.19 bits per heavy atom. The number of amides is 1. The summed E-state index contributed by atoms with van der Waals surface area (Å²) in [6, 6.07) is 7.49. The third kappa shape index (κ3) is 8.81. The average Bonchev–Trinajstić information content (AvgIpc) is 3.36. The molecule has 1 aliphatic heterocycles. The molecule has 1 saturated heterocycles. The normalized spacial score (nSPS) is 18.5. The lowest BCUT2D eigenvalue weighted by Crippen LogP contribution is -2.22. The molecule has 0 aliphatic carbocycles. The van der Waals surface area contributed by atoms with E-state index in [4.69, 9.17) is 14.2 Å². The highest BCUT2D eigenvalue weighted by atomic mass is 127. The minimum absolute atomic E-state index is 0.0264. The van der Waals surface area contributed by atoms with Gasteiger partial charge in [-0.2, -0.15) is 0 Å². The molecule has 0 radical (unpaired) electrons. The molecule has 26 heavy (non-hydrogen) atoms. The van der Waals surface area contributed by atoms with Crippen molar-refractivity contribution < 1.29 is 23.8 Å². The average molecular weight is 495 g/mol. The summed E-state index contributed by atoms with van der Waals surface area (Å²) in [6.07, 6.45) is 0.134. The number of benzene rings is 1. The Morgan fingerprint density at radius 2 is 1.96 bits per heavy atom. The molecule has 3 atom stereocenters. The van der Waals surface area contributed by atoms with Crippen molar-refractivity contribution in [2.24, 2.45) is 0 Å². The van der Waals surface area contributed by atoms with Crippen LogP contribution in [-0.4, -0.2) is 56.7 Å². The third-order valence-electron chi connectivity index (χ3n) is 3.43. The van der Waals surface area contributed by atoms with Crippen molar-refractivity contribution in [1.82, 2.24) is 8.85 Å². The Kier molecular flexibility index (Phi) is 9.91. The smallest absolute Gasteiger partial charge is 0.250 e. The molecule has 144 valence electrons. The van der Waals surface area contributed by atoms with Gasteiger partial charge < -0.3 is 19.5 Å². The fourth-order valence-electron chi connectivity index (χ4n) is 2.13. The van der Waals surface area contributed by atoms with Crippen molar-refractivity contribution >= 4 is 49.2 Å². The van der Waals surface area contributed by atoms with Gasteiger partial charge in [-0.3, -0.25) is 18.4 Å². The Morgan fingerprint density at radius 3 is 2.65 bits per heavy atom. The lowest BCUT2D eigenvalue weighted by molar-refractivity contribution is -0.123. The minimum Gasteiger partial charge on any atom is -0.377 e. The molecule has 1 aromatic carbocycles. The van der Waals surface area contributed by atoms with Crippen molar-refractivity contribution in [2.45, 2.75) is 18.9 Å². The Bertz CT molecular complexity index is 590. The maximum absolute atomic E-state index is 11.7. The second-order valence-corrected chi connectivity index (χ2v) is 7.05. The van der Waals surface area contributed by atoms with Crippen LogP contribution in [0.25, 0.3) is 0 Å². The summed E-state index contributed by atoms with van der Waals surface area (Å²) < 4.78 is 18.9. The molecular formula is C16H23IN3O5P. The molecule has 3 unspecified atom stereocenters. The van der Waals surface area contributed by atoms with Crippen molar-refractivity contribution in [3.63, 3.8) is 0 Å². The van der Waals surface area contributed by atoms with Crippen LogP contribution in [0.3, 0.4) is 0 Å². The van der Waals surface area contributed by atoms with Gasteiger partial charge in [0.1, 0.15) is 25.5 Å². The van der Waals surface area contributed by atoms with Crippen LogP contribution in [0.2, 0.25) is 0 Å². The van der Waals surface area contributed by atoms with Gasteiger partial charge in [-0.05, 0) is 17.7 Å². The number of ether oxygens (including phenoxy) is 3. The number of carbonyl (C=O) groups is 2. The van der Waals surface area contributed by atoms with Crippen LogP contribution in [0.5, 0.6) is 0 Å². The summed E-state index contributed by atoms with van der Waals surface area (Å²) in [5, 5.41) is 6.01. The quantitative estimate of drug-likeness (QED) is 0.123. The topological polar surface area (TPSA) is 101 Å². The van der Waals surface area contributed by atoms with Gasteiger partial charge in [0.2, 0.25) is 5.91 Å². The molecule has 0 saturated carbocycles. The zero-order valence-electron chi connectivity index (χ0n) is 14.2. The fraction of sp³-hybridized carbons (Fsp3) is 0.500. The molecule has 0 aromatic heterocycles. The predicted molar refractivity (Wildman–Crippen MR) is 109 cm³/mol. The first-order valence-corrected chi connectivity index (χ1v) is 9.79. The van der Waals surface area contributed by atoms with Gasteiger partial charge in [-0.15, -0.1) is 0 Å². The van der Waals surface area contributed by atoms with E-state index in [1.54, 1.807) is 0 Å². The lowest BCUT2D eigenvalue weighted by Gasteiger charge is -2.07. The first kappa shape index (κ1) is 21.6. The SMILES string of the molecule is O=C(P)COCC(=O)Nc1ccc(CNC2OC2COCCNI)cc1. The van der Waals surface area contributed by atoms with Gasteiger partial charge in [0, 0.05) is 41.6 Å². The number of epoxide rings is 1. The van der Waals surface area contributed by atoms with Crippen LogP contribution in [0.15, 0.2) is 24.3 Å². The van der Waals surface area contributed by atoms with Crippen molar-refractivity contribution in [3.8, 4) is 0 Å². The van der Waals surface area contributed by atoms with Gasteiger partial charge in [0.15, 0.2) is 5.52 Å². The molecule has 10 heteroatoms. The summed E-state index contributed by atoms with van der Waals surface area (Å²) in [6.45, 7) is 2.50. The highest BCUT2D eigenvalue weighted by molar-refractivity contribution is 14.1. The number of nitrogens with one attached hydrogen (secondary N) is 3. The van der Waals surface area contributed by atoms with Gasteiger partial charge in [-0.25, -0.2) is 0 Å².